The van der Waals surface area contributed by atoms with Crippen molar-refractivity contribution in [3.8, 4) is 5.75 Å². The van der Waals surface area contributed by atoms with Gasteiger partial charge in [-0.15, -0.1) is 0 Å². The summed E-state index contributed by atoms with van der Waals surface area (Å²) in [6.07, 6.45) is 5.59. The summed E-state index contributed by atoms with van der Waals surface area (Å²) in [5, 5.41) is 3.71. The predicted molar refractivity (Wildman–Crippen MR) is 135 cm³/mol. The average Bonchev–Trinajstić information content (AvgIpc) is 2.77. The first-order valence-corrected chi connectivity index (χ1v) is 12.7. The molecule has 2 aromatic rings. The number of pyridine rings is 1. The normalized spacial score (nSPS) is 23.0. The van der Waals surface area contributed by atoms with Crippen molar-refractivity contribution < 1.29 is 4.74 Å². The Morgan fingerprint density at radius 1 is 1.15 bits per heavy atom. The number of hydrogen-bond donors (Lipinski definition) is 1. The lowest BCUT2D eigenvalue weighted by Crippen LogP contribution is -2.55. The number of rotatable bonds is 4. The summed E-state index contributed by atoms with van der Waals surface area (Å²) in [5.41, 5.74) is 4.46. The van der Waals surface area contributed by atoms with E-state index in [1.165, 1.54) is 36.0 Å². The molecule has 0 amide bonds. The lowest BCUT2D eigenvalue weighted by molar-refractivity contribution is 0.00515. The molecule has 33 heavy (non-hydrogen) atoms. The maximum atomic E-state index is 6.33. The van der Waals surface area contributed by atoms with Gasteiger partial charge in [-0.3, -0.25) is 9.80 Å². The van der Waals surface area contributed by atoms with E-state index in [4.69, 9.17) is 4.74 Å². The van der Waals surface area contributed by atoms with Crippen LogP contribution in [0.2, 0.25) is 0 Å². The molecule has 5 nitrogen and oxygen atoms in total. The van der Waals surface area contributed by atoms with Gasteiger partial charge < -0.3 is 10.1 Å². The quantitative estimate of drug-likeness (QED) is 0.660. The minimum atomic E-state index is 0.126. The molecule has 0 bridgehead atoms. The molecule has 5 heteroatoms. The fraction of sp³-hybridized carbons (Fsp3) is 0.607. The minimum absolute atomic E-state index is 0.126. The van der Waals surface area contributed by atoms with Crippen molar-refractivity contribution in [3.63, 3.8) is 0 Å². The number of aromatic nitrogens is 1. The van der Waals surface area contributed by atoms with Crippen molar-refractivity contribution in [2.75, 3.05) is 31.6 Å². The molecule has 1 aromatic heterocycles. The van der Waals surface area contributed by atoms with Crippen molar-refractivity contribution >= 4 is 5.82 Å². The van der Waals surface area contributed by atoms with E-state index < -0.39 is 0 Å². The molecule has 1 aromatic carbocycles. The second kappa shape index (κ2) is 8.59. The molecule has 2 aliphatic heterocycles. The Bertz CT molecular complexity index is 992. The first-order chi connectivity index (χ1) is 15.8. The van der Waals surface area contributed by atoms with Gasteiger partial charge >= 0.3 is 0 Å². The zero-order valence-corrected chi connectivity index (χ0v) is 21.0. The van der Waals surface area contributed by atoms with Gasteiger partial charge in [0.15, 0.2) is 11.6 Å². The zero-order chi connectivity index (χ0) is 23.2. The van der Waals surface area contributed by atoms with Crippen LogP contribution in [0.1, 0.15) is 82.5 Å². The fourth-order valence-corrected chi connectivity index (χ4v) is 5.87. The molecule has 3 heterocycles. The molecule has 1 saturated carbocycles. The van der Waals surface area contributed by atoms with Crippen LogP contribution in [0.3, 0.4) is 0 Å². The zero-order valence-electron chi connectivity index (χ0n) is 21.0. The third-order valence-corrected chi connectivity index (χ3v) is 7.87. The fourth-order valence-electron chi connectivity index (χ4n) is 5.87. The molecule has 5 rings (SSSR count). The molecule has 2 fully saturated rings. The van der Waals surface area contributed by atoms with Gasteiger partial charge in [-0.05, 0) is 63.1 Å². The number of benzene rings is 1. The van der Waals surface area contributed by atoms with Crippen molar-refractivity contribution in [1.82, 2.24) is 14.8 Å². The van der Waals surface area contributed by atoms with Gasteiger partial charge in [-0.2, -0.15) is 0 Å². The van der Waals surface area contributed by atoms with E-state index in [2.05, 4.69) is 85.1 Å². The first-order valence-electron chi connectivity index (χ1n) is 12.7. The van der Waals surface area contributed by atoms with Gasteiger partial charge in [0.2, 0.25) is 0 Å². The summed E-state index contributed by atoms with van der Waals surface area (Å²) in [5.74, 6) is 2.42. The molecule has 0 radical (unpaired) electrons. The Hall–Kier alpha value is -2.11. The average molecular weight is 449 g/mol. The lowest BCUT2D eigenvalue weighted by atomic mass is 9.77. The van der Waals surface area contributed by atoms with Crippen LogP contribution in [0.4, 0.5) is 5.82 Å². The van der Waals surface area contributed by atoms with E-state index in [0.717, 1.165) is 44.4 Å². The van der Waals surface area contributed by atoms with Gasteiger partial charge in [0.1, 0.15) is 6.61 Å². The molecular formula is C28H40N4O. The second-order valence-corrected chi connectivity index (χ2v) is 11.6. The summed E-state index contributed by atoms with van der Waals surface area (Å²) < 4.78 is 6.33. The Morgan fingerprint density at radius 2 is 1.94 bits per heavy atom. The van der Waals surface area contributed by atoms with E-state index in [1.54, 1.807) is 0 Å². The highest BCUT2D eigenvalue weighted by Gasteiger charge is 2.42. The highest BCUT2D eigenvalue weighted by Crippen LogP contribution is 2.43. The number of nitrogens with zero attached hydrogens (tertiary/aromatic N) is 3. The van der Waals surface area contributed by atoms with Crippen molar-refractivity contribution in [2.24, 2.45) is 0 Å². The Kier molecular flexibility index (Phi) is 5.90. The van der Waals surface area contributed by atoms with E-state index in [1.807, 2.05) is 6.20 Å². The van der Waals surface area contributed by atoms with Gasteiger partial charge in [0.05, 0.1) is 5.54 Å². The number of hydrogen-bond acceptors (Lipinski definition) is 5. The SMILES string of the molecule is CC(C)c1ccccc1C1CN(Cc2ccnc3c2OCC2(CCC2)N3)CCN1C(C)(C)C. The molecule has 178 valence electrons. The summed E-state index contributed by atoms with van der Waals surface area (Å²) in [6.45, 7) is 16.5. The van der Waals surface area contributed by atoms with Gasteiger partial charge in [-0.1, -0.05) is 38.1 Å². The number of piperazine rings is 1. The Morgan fingerprint density at radius 3 is 2.64 bits per heavy atom. The third kappa shape index (κ3) is 4.38. The monoisotopic (exact) mass is 448 g/mol. The number of fused-ring (bicyclic) bond motifs is 1. The van der Waals surface area contributed by atoms with Crippen molar-refractivity contribution in [1.29, 1.82) is 0 Å². The van der Waals surface area contributed by atoms with Gasteiger partial charge in [0.25, 0.3) is 0 Å². The molecule has 1 atom stereocenters. The van der Waals surface area contributed by atoms with Crippen molar-refractivity contribution in [3.05, 3.63) is 53.2 Å². The first kappa shape index (κ1) is 22.7. The Balaban J connectivity index is 1.40. The lowest BCUT2D eigenvalue weighted by Gasteiger charge is -2.49. The molecule has 1 saturated heterocycles. The number of ether oxygens (including phenoxy) is 1. The largest absolute Gasteiger partial charge is 0.487 e. The number of nitrogens with one attached hydrogen (secondary N) is 1. The van der Waals surface area contributed by atoms with E-state index in [0.29, 0.717) is 12.0 Å². The van der Waals surface area contributed by atoms with Crippen LogP contribution in [-0.4, -0.2) is 52.1 Å². The molecule has 1 spiro atoms. The molecule has 1 aliphatic carbocycles. The third-order valence-electron chi connectivity index (χ3n) is 7.87. The van der Waals surface area contributed by atoms with Crippen LogP contribution in [0.25, 0.3) is 0 Å². The van der Waals surface area contributed by atoms with E-state index in [9.17, 15) is 0 Å². The topological polar surface area (TPSA) is 40.6 Å². The summed E-state index contributed by atoms with van der Waals surface area (Å²) in [6, 6.07) is 11.6. The van der Waals surface area contributed by atoms with Crippen LogP contribution in [0, 0.1) is 0 Å². The van der Waals surface area contributed by atoms with Crippen LogP contribution in [0.15, 0.2) is 36.5 Å². The molecule has 1 unspecified atom stereocenters. The second-order valence-electron chi connectivity index (χ2n) is 11.6. The van der Waals surface area contributed by atoms with Crippen molar-refractivity contribution in [2.45, 2.75) is 83.5 Å². The molecular weight excluding hydrogens is 408 g/mol. The van der Waals surface area contributed by atoms with Gasteiger partial charge in [0, 0.05) is 49.5 Å². The highest BCUT2D eigenvalue weighted by atomic mass is 16.5. The standard InChI is InChI=1S/C28H40N4O/c1-20(2)22-9-6-7-10-23(22)24-18-31(15-16-32(24)27(3,4)5)17-21-11-14-29-26-25(21)33-19-28(30-26)12-8-13-28/h6-7,9-11,14,20,24H,8,12-13,15-19H2,1-5H3,(H,29,30). The van der Waals surface area contributed by atoms with Crippen LogP contribution in [-0.2, 0) is 6.54 Å². The highest BCUT2D eigenvalue weighted by molar-refractivity contribution is 5.58. The van der Waals surface area contributed by atoms with Crippen LogP contribution in [0.5, 0.6) is 5.75 Å². The van der Waals surface area contributed by atoms with E-state index in [-0.39, 0.29) is 11.1 Å². The summed E-state index contributed by atoms with van der Waals surface area (Å²) >= 11 is 0. The van der Waals surface area contributed by atoms with Gasteiger partial charge in [-0.25, -0.2) is 4.98 Å². The number of anilines is 1. The van der Waals surface area contributed by atoms with Crippen LogP contribution >= 0.6 is 0 Å². The molecule has 3 aliphatic rings. The predicted octanol–water partition coefficient (Wildman–Crippen LogP) is 5.59. The maximum absolute atomic E-state index is 6.33. The maximum Gasteiger partial charge on any atom is 0.169 e. The smallest absolute Gasteiger partial charge is 0.169 e. The summed E-state index contributed by atoms with van der Waals surface area (Å²) in [4.78, 5) is 9.93. The Labute approximate surface area is 199 Å². The van der Waals surface area contributed by atoms with E-state index >= 15 is 0 Å². The van der Waals surface area contributed by atoms with Crippen LogP contribution < -0.4 is 10.1 Å². The minimum Gasteiger partial charge on any atom is -0.487 e. The molecule has 1 N–H and O–H groups in total. The summed E-state index contributed by atoms with van der Waals surface area (Å²) in [7, 11) is 0.